The molecule has 0 saturated carbocycles. The number of imidazole rings is 1. The average Bonchev–Trinajstić information content (AvgIpc) is 3.59. The van der Waals surface area contributed by atoms with Gasteiger partial charge >= 0.3 is 5.97 Å². The SMILES string of the molecule is Nc1nc(CCc2ccc(CNC(=O)c3ccc(C(=O)O)c(-c4c5ccc(=[N+]6CCC6)cc-5oc5cc(N6CCC6)ccc45)c3)cc2)c2[nH]cnc2n1. The first-order valence-electron chi connectivity index (χ1n) is 17.9. The number of H-pyrrole nitrogens is 1. The van der Waals surface area contributed by atoms with E-state index in [0.29, 0.717) is 41.1 Å². The summed E-state index contributed by atoms with van der Waals surface area (Å²) in [7, 11) is 0. The fraction of sp³-hybridized carbons (Fsp3) is 0.220. The molecule has 3 aromatic carbocycles. The lowest BCUT2D eigenvalue weighted by molar-refractivity contribution is 0.0697. The van der Waals surface area contributed by atoms with E-state index in [0.717, 1.165) is 95.3 Å². The van der Waals surface area contributed by atoms with E-state index < -0.39 is 5.97 Å². The number of fused-ring (bicyclic) bond motifs is 3. The molecule has 2 saturated heterocycles. The van der Waals surface area contributed by atoms with Gasteiger partial charge < -0.3 is 30.5 Å². The molecule has 5 aromatic rings. The Bertz CT molecular complexity index is 2600. The van der Waals surface area contributed by atoms with Crippen molar-refractivity contribution in [1.29, 1.82) is 0 Å². The van der Waals surface area contributed by atoms with E-state index in [-0.39, 0.29) is 17.4 Å². The first-order chi connectivity index (χ1) is 25.9. The number of benzene rings is 4. The molecule has 12 heteroatoms. The summed E-state index contributed by atoms with van der Waals surface area (Å²) in [5.41, 5.74) is 14.3. The Morgan fingerprint density at radius 3 is 2.49 bits per heavy atom. The minimum absolute atomic E-state index is 0.113. The third kappa shape index (κ3) is 6.11. The Labute approximate surface area is 304 Å². The molecule has 264 valence electrons. The van der Waals surface area contributed by atoms with E-state index in [4.69, 9.17) is 10.2 Å². The molecule has 1 amide bonds. The molecular formula is C41H37N8O4+. The van der Waals surface area contributed by atoms with Gasteiger partial charge in [-0.2, -0.15) is 4.98 Å². The van der Waals surface area contributed by atoms with Gasteiger partial charge in [0.2, 0.25) is 11.3 Å². The highest BCUT2D eigenvalue weighted by atomic mass is 16.4. The van der Waals surface area contributed by atoms with E-state index in [1.54, 1.807) is 18.5 Å². The summed E-state index contributed by atoms with van der Waals surface area (Å²) in [5.74, 6) is -0.501. The maximum Gasteiger partial charge on any atom is 0.336 e. The van der Waals surface area contributed by atoms with Crippen molar-refractivity contribution in [3.05, 3.63) is 118 Å². The number of rotatable bonds is 9. The van der Waals surface area contributed by atoms with E-state index in [9.17, 15) is 14.7 Å². The lowest BCUT2D eigenvalue weighted by atomic mass is 9.89. The van der Waals surface area contributed by atoms with Gasteiger partial charge in [-0.1, -0.05) is 24.3 Å². The number of carbonyl (C=O) groups excluding carboxylic acids is 1. The number of aromatic nitrogens is 4. The number of carbonyl (C=O) groups is 2. The second kappa shape index (κ2) is 13.2. The monoisotopic (exact) mass is 705 g/mol. The van der Waals surface area contributed by atoms with Crippen molar-refractivity contribution in [3.8, 4) is 22.5 Å². The minimum Gasteiger partial charge on any atom is -0.478 e. The zero-order chi connectivity index (χ0) is 36.1. The quantitative estimate of drug-likeness (QED) is 0.116. The van der Waals surface area contributed by atoms with Gasteiger partial charge in [-0.15, -0.1) is 0 Å². The number of anilines is 2. The van der Waals surface area contributed by atoms with Crippen molar-refractivity contribution in [2.45, 2.75) is 32.2 Å². The summed E-state index contributed by atoms with van der Waals surface area (Å²) >= 11 is 0. The van der Waals surface area contributed by atoms with Gasteiger partial charge in [0.1, 0.15) is 29.9 Å². The highest BCUT2D eigenvalue weighted by molar-refractivity contribution is 6.09. The van der Waals surface area contributed by atoms with Crippen LogP contribution in [-0.4, -0.2) is 63.1 Å². The van der Waals surface area contributed by atoms with E-state index in [1.807, 2.05) is 48.5 Å². The molecule has 12 nitrogen and oxygen atoms in total. The molecule has 53 heavy (non-hydrogen) atoms. The number of hydrogen-bond donors (Lipinski definition) is 4. The molecule has 9 rings (SSSR count). The van der Waals surface area contributed by atoms with Gasteiger partial charge in [0.05, 0.1) is 30.1 Å². The van der Waals surface area contributed by atoms with Crippen LogP contribution in [0.5, 0.6) is 0 Å². The molecule has 2 aromatic heterocycles. The van der Waals surface area contributed by atoms with Crippen LogP contribution < -0.4 is 25.9 Å². The number of nitrogen functional groups attached to an aromatic ring is 1. The van der Waals surface area contributed by atoms with E-state index >= 15 is 0 Å². The molecule has 0 spiro atoms. The van der Waals surface area contributed by atoms with E-state index in [2.05, 4.69) is 46.9 Å². The number of aromatic carboxylic acids is 1. The zero-order valence-corrected chi connectivity index (χ0v) is 28.9. The predicted molar refractivity (Wildman–Crippen MR) is 203 cm³/mol. The molecule has 5 heterocycles. The number of nitrogens with one attached hydrogen (secondary N) is 2. The van der Waals surface area contributed by atoms with Crippen LogP contribution in [0, 0.1) is 0 Å². The summed E-state index contributed by atoms with van der Waals surface area (Å²) < 4.78 is 8.86. The molecule has 0 atom stereocenters. The number of amides is 1. The standard InChI is InChI=1S/C41H36N8O4/c42-41-46-33(37-38(47-41)45-23-44-37)14-7-24-3-5-25(6-4-24)22-43-39(50)26-8-11-29(40(51)52)32(19-26)36-30-12-9-27(48-15-1-16-48)20-34(30)53-35-21-28(10-13-31(35)36)49-17-2-18-49/h3-6,8-13,19-21,23H,1-2,7,14-18,22H2,(H4-,42,43,44,45,46,47,50,51,52)/p+1. The topological polar surface area (TPSA) is 166 Å². The van der Waals surface area contributed by atoms with Crippen LogP contribution in [-0.2, 0) is 19.4 Å². The summed E-state index contributed by atoms with van der Waals surface area (Å²) in [6.07, 6.45) is 5.29. The lowest BCUT2D eigenvalue weighted by Crippen LogP contribution is -2.40. The summed E-state index contributed by atoms with van der Waals surface area (Å²) in [5, 5.41) is 15.3. The Kier molecular flexibility index (Phi) is 8.06. The van der Waals surface area contributed by atoms with Crippen LogP contribution >= 0.6 is 0 Å². The third-order valence-electron chi connectivity index (χ3n) is 10.4. The molecule has 5 N–H and O–H groups in total. The van der Waals surface area contributed by atoms with Gasteiger partial charge in [-0.25, -0.2) is 19.3 Å². The fourth-order valence-electron chi connectivity index (χ4n) is 7.24. The van der Waals surface area contributed by atoms with Gasteiger partial charge in [0.25, 0.3) is 5.91 Å². The molecule has 0 radical (unpaired) electrons. The first kappa shape index (κ1) is 32.4. The van der Waals surface area contributed by atoms with Crippen LogP contribution in [0.4, 0.5) is 11.6 Å². The predicted octanol–water partition coefficient (Wildman–Crippen LogP) is 5.25. The van der Waals surface area contributed by atoms with Gasteiger partial charge in [0.15, 0.2) is 5.65 Å². The number of aromatic amines is 1. The molecule has 1 aliphatic carbocycles. The summed E-state index contributed by atoms with van der Waals surface area (Å²) in [6.45, 7) is 4.27. The van der Waals surface area contributed by atoms with Crippen molar-refractivity contribution in [2.75, 3.05) is 36.8 Å². The third-order valence-corrected chi connectivity index (χ3v) is 10.4. The smallest absolute Gasteiger partial charge is 0.336 e. The minimum atomic E-state index is -1.07. The molecule has 3 aliphatic heterocycles. The second-order valence-electron chi connectivity index (χ2n) is 13.7. The van der Waals surface area contributed by atoms with Crippen LogP contribution in [0.1, 0.15) is 50.4 Å². The number of hydrogen-bond acceptors (Lipinski definition) is 8. The molecular weight excluding hydrogens is 669 g/mol. The molecule has 2 fully saturated rings. The van der Waals surface area contributed by atoms with Crippen LogP contribution in [0.3, 0.4) is 0 Å². The number of carboxylic acid groups (broad SMARTS) is 1. The first-order valence-corrected chi connectivity index (χ1v) is 17.9. The molecule has 0 unspecified atom stereocenters. The normalized spacial score (nSPS) is 14.0. The van der Waals surface area contributed by atoms with Crippen LogP contribution in [0.2, 0.25) is 0 Å². The number of aryl methyl sites for hydroxylation is 2. The van der Waals surface area contributed by atoms with Crippen molar-refractivity contribution < 1.29 is 19.1 Å². The number of nitrogens with two attached hydrogens (primary N) is 1. The Hall–Kier alpha value is -6.56. The van der Waals surface area contributed by atoms with Crippen LogP contribution in [0.15, 0.2) is 89.6 Å². The van der Waals surface area contributed by atoms with Crippen molar-refractivity contribution in [2.24, 2.45) is 0 Å². The van der Waals surface area contributed by atoms with Crippen LogP contribution in [0.25, 0.3) is 44.6 Å². The van der Waals surface area contributed by atoms with Gasteiger partial charge in [-0.05, 0) is 72.4 Å². The Morgan fingerprint density at radius 1 is 0.906 bits per heavy atom. The highest BCUT2D eigenvalue weighted by Gasteiger charge is 2.26. The summed E-state index contributed by atoms with van der Waals surface area (Å²) in [4.78, 5) is 44.5. The van der Waals surface area contributed by atoms with Crippen molar-refractivity contribution >= 4 is 45.6 Å². The van der Waals surface area contributed by atoms with Crippen molar-refractivity contribution in [3.63, 3.8) is 0 Å². The fourth-order valence-corrected chi connectivity index (χ4v) is 7.24. The Morgan fingerprint density at radius 2 is 1.74 bits per heavy atom. The summed E-state index contributed by atoms with van der Waals surface area (Å²) in [6, 6.07) is 25.1. The van der Waals surface area contributed by atoms with E-state index in [1.165, 1.54) is 6.07 Å². The number of nitrogens with zero attached hydrogens (tertiary/aromatic N) is 5. The zero-order valence-electron chi connectivity index (χ0n) is 28.9. The molecule has 0 bridgehead atoms. The largest absolute Gasteiger partial charge is 0.478 e. The maximum absolute atomic E-state index is 13.6. The highest BCUT2D eigenvalue weighted by Crippen LogP contribution is 2.42. The Balaban J connectivity index is 1.00. The second-order valence-corrected chi connectivity index (χ2v) is 13.7. The average molecular weight is 706 g/mol. The maximum atomic E-state index is 13.6. The van der Waals surface area contributed by atoms with Gasteiger partial charge in [0, 0.05) is 59.5 Å². The number of carboxylic acids is 1. The molecule has 4 aliphatic rings. The van der Waals surface area contributed by atoms with Gasteiger partial charge in [-0.3, -0.25) is 4.79 Å². The lowest BCUT2D eigenvalue weighted by Gasteiger charge is -2.33. The van der Waals surface area contributed by atoms with Crippen molar-refractivity contribution in [1.82, 2.24) is 29.8 Å².